The predicted octanol–water partition coefficient (Wildman–Crippen LogP) is 25.3. The van der Waals surface area contributed by atoms with Crippen molar-refractivity contribution in [2.45, 2.75) is 288 Å². The first-order valence-corrected chi connectivity index (χ1v) is 50.8. The molecule has 10 aromatic carbocycles. The molecular formula is C110H118N8O10S2. The van der Waals surface area contributed by atoms with Crippen LogP contribution in [0.3, 0.4) is 0 Å². The van der Waals surface area contributed by atoms with E-state index in [0.29, 0.717) is 186 Å². The summed E-state index contributed by atoms with van der Waals surface area (Å²) < 4.78 is 10.5. The maximum Gasteiger partial charge on any atom is 0.261 e. The van der Waals surface area contributed by atoms with Gasteiger partial charge in [0.1, 0.15) is 0 Å². The van der Waals surface area contributed by atoms with Gasteiger partial charge in [0, 0.05) is 157 Å². The van der Waals surface area contributed by atoms with E-state index in [1.165, 1.54) is 40.9 Å². The topological polar surface area (TPSA) is 207 Å². The lowest BCUT2D eigenvalue weighted by Gasteiger charge is -2.29. The van der Waals surface area contributed by atoms with Crippen LogP contribution in [0.5, 0.6) is 0 Å². The van der Waals surface area contributed by atoms with Crippen molar-refractivity contribution < 1.29 is 9.59 Å². The molecule has 8 aromatic heterocycles. The fraction of sp³-hybridized carbons (Fsp3) is 0.436. The molecular weight excluding hydrogens is 1660 g/mol. The van der Waals surface area contributed by atoms with Crippen molar-refractivity contribution in [2.24, 2.45) is 11.8 Å². The molecule has 0 fully saturated rings. The minimum absolute atomic E-state index is 0.0476. The van der Waals surface area contributed by atoms with Gasteiger partial charge in [0.15, 0.2) is 0 Å². The maximum atomic E-state index is 17.1. The number of benzene rings is 10. The number of pyridine rings is 4. The molecule has 0 bridgehead atoms. The monoisotopic (exact) mass is 1770 g/mol. The highest BCUT2D eigenvalue weighted by molar-refractivity contribution is 7.17. The predicted molar refractivity (Wildman–Crippen MR) is 543 cm³/mol. The molecule has 20 rings (SSSR count). The quantitative estimate of drug-likeness (QED) is 0.0203. The van der Waals surface area contributed by atoms with Gasteiger partial charge in [-0.25, -0.2) is 0 Å². The first kappa shape index (κ1) is 86.8. The molecule has 0 radical (unpaired) electrons. The molecule has 10 heterocycles. The summed E-state index contributed by atoms with van der Waals surface area (Å²) in [7, 11) is 0. The fourth-order valence-corrected chi connectivity index (χ4v) is 26.4. The van der Waals surface area contributed by atoms with Crippen LogP contribution in [0, 0.1) is 11.8 Å². The number of hydrogen-bond acceptors (Lipinski definition) is 12. The summed E-state index contributed by atoms with van der Waals surface area (Å²) in [6, 6.07) is 26.6. The maximum absolute atomic E-state index is 17.1. The van der Waals surface area contributed by atoms with E-state index in [0.717, 1.165) is 199 Å². The van der Waals surface area contributed by atoms with Crippen LogP contribution in [-0.2, 0) is 22.7 Å². The lowest BCUT2D eigenvalue weighted by molar-refractivity contribution is -0.124. The summed E-state index contributed by atoms with van der Waals surface area (Å²) in [6.45, 7) is 31.1. The van der Waals surface area contributed by atoms with E-state index in [4.69, 9.17) is 0 Å². The van der Waals surface area contributed by atoms with Crippen LogP contribution in [0.2, 0.25) is 0 Å². The number of fused-ring (bicyclic) bond motifs is 3. The first-order valence-electron chi connectivity index (χ1n) is 49.2. The number of hydrogen-bond donors (Lipinski definition) is 0. The zero-order chi connectivity index (χ0) is 90.9. The summed E-state index contributed by atoms with van der Waals surface area (Å²) in [5.41, 5.74) is 3.67. The summed E-state index contributed by atoms with van der Waals surface area (Å²) >= 11 is 2.94. The molecule has 130 heavy (non-hydrogen) atoms. The molecule has 18 aromatic rings. The number of amides is 2. The second-order valence-corrected chi connectivity index (χ2v) is 40.1. The average Bonchev–Trinajstić information content (AvgIpc) is 1.45. The standard InChI is InChI=1S/C110H118N8O10S2/c1-15-29-33-35-47-111-75-51-71-85-65(101(119)115(105(71)123)59(21-7)22-8)41-39-63-83-67(49-69-87-73(107(125)117(103(69)121)61(25-11)26-12)53-77(111)93(95(83)87)91(75)89(63)85)79-43-45-81(129-79)99-97-98(110(128)113(99)55-57(19-5)37-31-17-3)100(114(109(97)127)56-58(20-6)38-32-18-4)82-46-44-80(130-82)68-50-70-88-74(108(126)118(104(70)122)62(27-13)28-14)54-78-94-92-76(112(78)48-36-34-30-16-2)52-72-86-66(42-40-64(90(86)92)84(68)96(88)94)102(120)116(106(72)124)60(23-9)24-10/h39-46,49-54,57-62H,15-38,47-48,55-56H2,1-14H3. The number of unbranched alkanes of at least 4 members (excludes halogenated alkanes) is 8. The van der Waals surface area contributed by atoms with E-state index in [9.17, 15) is 0 Å². The van der Waals surface area contributed by atoms with Crippen LogP contribution >= 0.6 is 22.7 Å². The molecule has 18 nitrogen and oxygen atoms in total. The van der Waals surface area contributed by atoms with Crippen molar-refractivity contribution in [1.82, 2.24) is 37.2 Å². The van der Waals surface area contributed by atoms with Gasteiger partial charge in [0.05, 0.1) is 75.9 Å². The summed E-state index contributed by atoms with van der Waals surface area (Å²) in [6.07, 6.45) is 19.3. The number of nitrogens with zero attached hydrogens (tertiary/aromatic N) is 8. The third-order valence-corrected chi connectivity index (χ3v) is 33.4. The minimum Gasteiger partial charge on any atom is -0.340 e. The summed E-state index contributed by atoms with van der Waals surface area (Å²) in [5, 5.41) is 15.6. The van der Waals surface area contributed by atoms with Crippen molar-refractivity contribution in [3.63, 3.8) is 0 Å². The molecule has 2 amide bonds. The molecule has 20 heteroatoms. The van der Waals surface area contributed by atoms with E-state index in [1.807, 2.05) is 138 Å². The zero-order valence-electron chi connectivity index (χ0n) is 77.8. The molecule has 2 aliphatic rings. The largest absolute Gasteiger partial charge is 0.340 e. The second-order valence-electron chi connectivity index (χ2n) is 38.0. The van der Waals surface area contributed by atoms with Crippen molar-refractivity contribution in [2.75, 3.05) is 13.1 Å². The van der Waals surface area contributed by atoms with Crippen molar-refractivity contribution >= 4 is 197 Å². The zero-order valence-corrected chi connectivity index (χ0v) is 79.5. The molecule has 2 atom stereocenters. The average molecular weight is 1780 g/mol. The van der Waals surface area contributed by atoms with E-state index in [-0.39, 0.29) is 80.2 Å². The van der Waals surface area contributed by atoms with E-state index in [1.54, 1.807) is 0 Å². The molecule has 0 aliphatic carbocycles. The Morgan fingerprint density at radius 2 is 0.531 bits per heavy atom. The van der Waals surface area contributed by atoms with Gasteiger partial charge in [-0.15, -0.1) is 22.7 Å². The van der Waals surface area contributed by atoms with Gasteiger partial charge >= 0.3 is 0 Å². The van der Waals surface area contributed by atoms with Gasteiger partial charge in [-0.2, -0.15) is 0 Å². The Bertz CT molecular complexity index is 7710. The lowest BCUT2D eigenvalue weighted by atomic mass is 9.84. The molecule has 0 saturated heterocycles. The Balaban J connectivity index is 0.865. The summed E-state index contributed by atoms with van der Waals surface area (Å²) in [5.74, 6) is -0.453. The number of aryl methyl sites for hydroxylation is 2. The van der Waals surface area contributed by atoms with Crippen LogP contribution in [0.25, 0.3) is 184 Å². The SMILES string of the molecule is CCCCCCn1c2cc3c(=O)n(C(CC)CC)c(=O)c4ccc5c6c(-c7ccc(C8=C9C(=O)N(CC(CC)CCCC)C(c%10ccc(-c%11cc%12c(=O)n(C(CC)CC)c(=O)c%13cc%14c%15c(c%11c%11ccc%16c(=O)n(C(CC)CC)c(=O)c%17cc(c%15c%11c%16%17)n%14CCCCCC)c%12%13)s%10)=C9C(=O)N8CC(CC)CCCC)s7)cc7c(=O)n(C(CC)CC)c(=O)c8cc1c(c6c78)c2c5c43. The Hall–Kier alpha value is -11.2. The number of carbonyl (C=O) groups excluding carboxylic acids is 2. The highest BCUT2D eigenvalue weighted by atomic mass is 32.1. The Labute approximate surface area is 761 Å². The number of carbonyl (C=O) groups is 2. The number of rotatable bonds is 38. The Kier molecular flexibility index (Phi) is 22.4. The minimum atomic E-state index is -0.400. The van der Waals surface area contributed by atoms with Crippen LogP contribution < -0.4 is 44.5 Å². The van der Waals surface area contributed by atoms with E-state index >= 15 is 47.9 Å². The second kappa shape index (κ2) is 33.6. The Morgan fingerprint density at radius 1 is 0.254 bits per heavy atom. The van der Waals surface area contributed by atoms with Gasteiger partial charge < -0.3 is 18.9 Å². The van der Waals surface area contributed by atoms with E-state index < -0.39 is 12.1 Å². The molecule has 0 saturated carbocycles. The number of thiophene rings is 2. The van der Waals surface area contributed by atoms with Crippen LogP contribution in [0.4, 0.5) is 0 Å². The molecule has 0 N–H and O–H groups in total. The van der Waals surface area contributed by atoms with Gasteiger partial charge in [-0.3, -0.25) is 66.2 Å². The lowest BCUT2D eigenvalue weighted by Crippen LogP contribution is -2.36. The highest BCUT2D eigenvalue weighted by Crippen LogP contribution is 2.58. The highest BCUT2D eigenvalue weighted by Gasteiger charge is 2.51. The van der Waals surface area contributed by atoms with Gasteiger partial charge in [0.2, 0.25) is 0 Å². The molecule has 2 unspecified atom stereocenters. The van der Waals surface area contributed by atoms with Crippen molar-refractivity contribution in [3.05, 3.63) is 189 Å². The smallest absolute Gasteiger partial charge is 0.261 e. The Morgan fingerprint density at radius 3 is 0.831 bits per heavy atom. The third kappa shape index (κ3) is 12.3. The first-order chi connectivity index (χ1) is 63.2. The normalized spacial score (nSPS) is 14.6. The summed E-state index contributed by atoms with van der Waals surface area (Å²) in [4.78, 5) is 166. The number of aromatic nitrogens is 6. The molecule has 0 spiro atoms. The van der Waals surface area contributed by atoms with Crippen molar-refractivity contribution in [3.8, 4) is 20.9 Å². The van der Waals surface area contributed by atoms with Gasteiger partial charge in [-0.1, -0.05) is 186 Å². The van der Waals surface area contributed by atoms with Crippen LogP contribution in [-0.4, -0.2) is 62.1 Å². The third-order valence-electron chi connectivity index (χ3n) is 31.1. The van der Waals surface area contributed by atoms with Crippen LogP contribution in [0.1, 0.15) is 285 Å². The molecule has 670 valence electrons. The van der Waals surface area contributed by atoms with E-state index in [2.05, 4.69) is 62.8 Å². The fourth-order valence-electron chi connectivity index (χ4n) is 24.3. The van der Waals surface area contributed by atoms with Gasteiger partial charge in [0.25, 0.3) is 56.3 Å². The van der Waals surface area contributed by atoms with Crippen LogP contribution in [0.15, 0.2) is 134 Å². The van der Waals surface area contributed by atoms with Crippen molar-refractivity contribution in [1.29, 1.82) is 0 Å². The molecule has 2 aliphatic heterocycles. The van der Waals surface area contributed by atoms with Gasteiger partial charge in [-0.05, 0) is 183 Å².